The van der Waals surface area contributed by atoms with Gasteiger partial charge in [-0.05, 0) is 6.42 Å². The van der Waals surface area contributed by atoms with Crippen LogP contribution in [0.25, 0.3) is 0 Å². The Balaban J connectivity index is 0.000000243. The summed E-state index contributed by atoms with van der Waals surface area (Å²) in [7, 11) is 0. The highest BCUT2D eigenvalue weighted by Crippen LogP contribution is 1.93. The van der Waals surface area contributed by atoms with Crippen molar-refractivity contribution < 1.29 is 19.8 Å². The fraction of sp³-hybridized carbons (Fsp3) is 0.111. The van der Waals surface area contributed by atoms with Crippen LogP contribution < -0.4 is 0 Å². The fourth-order valence-electron chi connectivity index (χ4n) is 0.535. The summed E-state index contributed by atoms with van der Waals surface area (Å²) < 4.78 is 0. The topological polar surface area (TPSA) is 74.6 Å². The minimum Gasteiger partial charge on any atom is -0.478 e. The summed E-state index contributed by atoms with van der Waals surface area (Å²) in [5, 5.41) is 15.6. The Morgan fingerprint density at radius 2 is 1.38 bits per heavy atom. The second-order valence-corrected chi connectivity index (χ2v) is 2.10. The summed E-state index contributed by atoms with van der Waals surface area (Å²) in [6.07, 6.45) is 10.6. The largest absolute Gasteiger partial charge is 0.478 e. The van der Waals surface area contributed by atoms with Crippen molar-refractivity contribution in [2.45, 2.75) is 6.42 Å². The first-order valence-electron chi connectivity index (χ1n) is 3.58. The van der Waals surface area contributed by atoms with Gasteiger partial charge in [0.05, 0.1) is 0 Å². The second-order valence-electron chi connectivity index (χ2n) is 2.10. The molecule has 0 unspecified atom stereocenters. The molecule has 0 saturated carbocycles. The van der Waals surface area contributed by atoms with E-state index in [0.29, 0.717) is 12.2 Å². The maximum Gasteiger partial charge on any atom is 0.328 e. The zero-order valence-corrected chi connectivity index (χ0v) is 6.88. The smallest absolute Gasteiger partial charge is 0.328 e. The Morgan fingerprint density at radius 1 is 1.00 bits per heavy atom. The lowest BCUT2D eigenvalue weighted by molar-refractivity contribution is -0.134. The number of hydrogen-bond acceptors (Lipinski definition) is 2. The van der Waals surface area contributed by atoms with Crippen LogP contribution in [0.2, 0.25) is 0 Å². The average Bonchev–Trinajstić information content (AvgIpc) is 2.57. The molecule has 2 N–H and O–H groups in total. The highest BCUT2D eigenvalue weighted by atomic mass is 16.4. The predicted molar refractivity (Wildman–Crippen MR) is 47.3 cm³/mol. The number of allylic oxidation sites excluding steroid dienone is 4. The first kappa shape index (κ1) is 11.2. The molecule has 70 valence electrons. The highest BCUT2D eigenvalue weighted by Gasteiger charge is 1.88. The third kappa shape index (κ3) is 10.2. The summed E-state index contributed by atoms with van der Waals surface area (Å²) in [5.41, 5.74) is 0. The lowest BCUT2D eigenvalue weighted by Crippen LogP contribution is -1.91. The normalized spacial score (nSPS) is 12.6. The van der Waals surface area contributed by atoms with E-state index in [-0.39, 0.29) is 0 Å². The molecule has 0 aliphatic heterocycles. The van der Waals surface area contributed by atoms with Gasteiger partial charge in [-0.25, -0.2) is 9.59 Å². The summed E-state index contributed by atoms with van der Waals surface area (Å²) >= 11 is 0. The van der Waals surface area contributed by atoms with E-state index in [1.165, 1.54) is 0 Å². The van der Waals surface area contributed by atoms with Crippen LogP contribution in [0.3, 0.4) is 0 Å². The molecule has 0 atom stereocenters. The molecule has 1 aliphatic rings. The van der Waals surface area contributed by atoms with Crippen molar-refractivity contribution in [3.63, 3.8) is 0 Å². The van der Waals surface area contributed by atoms with Crippen LogP contribution in [0.5, 0.6) is 0 Å². The van der Waals surface area contributed by atoms with Crippen molar-refractivity contribution in [1.82, 2.24) is 0 Å². The number of carboxylic acid groups (broad SMARTS) is 2. The lowest BCUT2D eigenvalue weighted by atomic mass is 10.5. The highest BCUT2D eigenvalue weighted by molar-refractivity contribution is 5.89. The SMILES string of the molecule is C1=CCC=C1.O=C(O)/C=C/C(=O)O. The van der Waals surface area contributed by atoms with Crippen molar-refractivity contribution >= 4 is 11.9 Å². The Kier molecular flexibility index (Phi) is 5.88. The summed E-state index contributed by atoms with van der Waals surface area (Å²) in [6, 6.07) is 0. The van der Waals surface area contributed by atoms with E-state index in [1.807, 2.05) is 0 Å². The molecule has 0 aromatic heterocycles. The first-order chi connectivity index (χ1) is 6.13. The van der Waals surface area contributed by atoms with Gasteiger partial charge in [0, 0.05) is 12.2 Å². The van der Waals surface area contributed by atoms with Crippen LogP contribution in [0.4, 0.5) is 0 Å². The molecule has 4 heteroatoms. The average molecular weight is 182 g/mol. The van der Waals surface area contributed by atoms with Crippen molar-refractivity contribution in [1.29, 1.82) is 0 Å². The number of hydrogen-bond donors (Lipinski definition) is 2. The molecule has 0 radical (unpaired) electrons. The molecule has 0 amide bonds. The molecule has 0 aromatic rings. The van der Waals surface area contributed by atoms with E-state index in [4.69, 9.17) is 10.2 Å². The maximum atomic E-state index is 9.55. The van der Waals surface area contributed by atoms with Gasteiger partial charge in [-0.1, -0.05) is 24.3 Å². The van der Waals surface area contributed by atoms with Crippen molar-refractivity contribution in [2.24, 2.45) is 0 Å². The van der Waals surface area contributed by atoms with Gasteiger partial charge in [0.2, 0.25) is 0 Å². The second kappa shape index (κ2) is 6.84. The van der Waals surface area contributed by atoms with E-state index < -0.39 is 11.9 Å². The molecule has 0 fully saturated rings. The quantitative estimate of drug-likeness (QED) is 0.629. The van der Waals surface area contributed by atoms with Crippen molar-refractivity contribution in [3.8, 4) is 0 Å². The number of carbonyl (C=O) groups is 2. The van der Waals surface area contributed by atoms with E-state index in [2.05, 4.69) is 24.3 Å². The maximum absolute atomic E-state index is 9.55. The van der Waals surface area contributed by atoms with E-state index in [9.17, 15) is 9.59 Å². The number of rotatable bonds is 2. The van der Waals surface area contributed by atoms with Crippen LogP contribution in [-0.2, 0) is 9.59 Å². The van der Waals surface area contributed by atoms with Crippen LogP contribution in [-0.4, -0.2) is 22.2 Å². The van der Waals surface area contributed by atoms with Gasteiger partial charge in [0.15, 0.2) is 0 Å². The zero-order valence-electron chi connectivity index (χ0n) is 6.88. The molecule has 1 aliphatic carbocycles. The molecule has 0 bridgehead atoms. The van der Waals surface area contributed by atoms with E-state index in [0.717, 1.165) is 6.42 Å². The van der Waals surface area contributed by atoms with Gasteiger partial charge in [-0.3, -0.25) is 0 Å². The monoisotopic (exact) mass is 182 g/mol. The number of carboxylic acids is 2. The van der Waals surface area contributed by atoms with Crippen LogP contribution in [0, 0.1) is 0 Å². The van der Waals surface area contributed by atoms with E-state index >= 15 is 0 Å². The predicted octanol–water partition coefficient (Wildman–Crippen LogP) is 1.21. The minimum absolute atomic E-state index is 0.558. The first-order valence-corrected chi connectivity index (χ1v) is 3.58. The van der Waals surface area contributed by atoms with E-state index in [1.54, 1.807) is 0 Å². The lowest BCUT2D eigenvalue weighted by Gasteiger charge is -1.74. The van der Waals surface area contributed by atoms with Gasteiger partial charge in [0.25, 0.3) is 0 Å². The molecule has 0 spiro atoms. The summed E-state index contributed by atoms with van der Waals surface area (Å²) in [6.45, 7) is 0. The van der Waals surface area contributed by atoms with Gasteiger partial charge in [-0.15, -0.1) is 0 Å². The van der Waals surface area contributed by atoms with Crippen LogP contribution in [0.15, 0.2) is 36.5 Å². The van der Waals surface area contributed by atoms with Gasteiger partial charge < -0.3 is 10.2 Å². The Bertz CT molecular complexity index is 235. The Morgan fingerprint density at radius 3 is 1.54 bits per heavy atom. The molecule has 0 aromatic carbocycles. The minimum atomic E-state index is -1.26. The third-order valence-electron chi connectivity index (χ3n) is 1.02. The van der Waals surface area contributed by atoms with Gasteiger partial charge in [-0.2, -0.15) is 0 Å². The van der Waals surface area contributed by atoms with Crippen molar-refractivity contribution in [2.75, 3.05) is 0 Å². The molecular weight excluding hydrogens is 172 g/mol. The van der Waals surface area contributed by atoms with Gasteiger partial charge >= 0.3 is 11.9 Å². The van der Waals surface area contributed by atoms with Crippen molar-refractivity contribution in [3.05, 3.63) is 36.5 Å². The molecule has 13 heavy (non-hydrogen) atoms. The van der Waals surface area contributed by atoms with Crippen LogP contribution in [0.1, 0.15) is 6.42 Å². The Hall–Kier alpha value is -1.84. The molecule has 1 rings (SSSR count). The fourth-order valence-corrected chi connectivity index (χ4v) is 0.535. The molecular formula is C9H10O4. The van der Waals surface area contributed by atoms with Crippen LogP contribution >= 0.6 is 0 Å². The molecule has 4 nitrogen and oxygen atoms in total. The van der Waals surface area contributed by atoms with Gasteiger partial charge in [0.1, 0.15) is 0 Å². The zero-order chi connectivity index (χ0) is 10.1. The molecule has 0 saturated heterocycles. The summed E-state index contributed by atoms with van der Waals surface area (Å²) in [5.74, 6) is -2.51. The summed E-state index contributed by atoms with van der Waals surface area (Å²) in [4.78, 5) is 19.1. The molecule has 0 heterocycles. The number of aliphatic carboxylic acids is 2. The third-order valence-corrected chi connectivity index (χ3v) is 1.02. The standard InChI is InChI=1S/C5H6.C4H4O4/c1-2-4-5-3-1;5-3(6)1-2-4(7)8/h1-4H,5H2;1-2H,(H,5,6)(H,7,8)/b;2-1+. The Labute approximate surface area is 75.5 Å².